The second-order valence-electron chi connectivity index (χ2n) is 5.81. The van der Waals surface area contributed by atoms with Crippen LogP contribution < -0.4 is 15.6 Å². The number of nitrogens with two attached hydrogens (primary N) is 1. The van der Waals surface area contributed by atoms with Gasteiger partial charge in [-0.1, -0.05) is 24.6 Å². The second-order valence-corrected chi connectivity index (χ2v) is 6.92. The summed E-state index contributed by atoms with van der Waals surface area (Å²) in [4.78, 5) is 23.9. The van der Waals surface area contributed by atoms with Gasteiger partial charge in [0.05, 0.1) is 14.9 Å². The van der Waals surface area contributed by atoms with Crippen LogP contribution in [0.2, 0.25) is 0 Å². The number of thiazole rings is 1. The van der Waals surface area contributed by atoms with Gasteiger partial charge in [-0.25, -0.2) is 14.6 Å². The monoisotopic (exact) mass is 374 g/mol. The molecule has 1 heterocycles. The lowest BCUT2D eigenvalue weighted by Gasteiger charge is -2.04. The van der Waals surface area contributed by atoms with Crippen molar-refractivity contribution in [3.05, 3.63) is 50.8 Å². The molecule has 0 atom stereocenters. The van der Waals surface area contributed by atoms with E-state index in [1.165, 1.54) is 38.9 Å². The van der Waals surface area contributed by atoms with Gasteiger partial charge < -0.3 is 15.9 Å². The summed E-state index contributed by atoms with van der Waals surface area (Å²) >= 11 is 1.86. The third kappa shape index (κ3) is 5.79. The van der Waals surface area contributed by atoms with Crippen molar-refractivity contribution < 1.29 is 19.8 Å². The van der Waals surface area contributed by atoms with E-state index in [1.54, 1.807) is 0 Å². The fourth-order valence-corrected chi connectivity index (χ4v) is 3.71. The summed E-state index contributed by atoms with van der Waals surface area (Å²) in [6.07, 6.45) is 15.6. The number of aryl methyl sites for hydroxylation is 1. The molecule has 0 unspecified atom stereocenters. The minimum absolute atomic E-state index is 0.558. The van der Waals surface area contributed by atoms with Gasteiger partial charge in [0.15, 0.2) is 0 Å². The van der Waals surface area contributed by atoms with Crippen LogP contribution in [0.25, 0.3) is 11.6 Å². The number of carboxylic acids is 2. The minimum atomic E-state index is -1.26. The molecule has 0 aromatic carbocycles. The van der Waals surface area contributed by atoms with Crippen molar-refractivity contribution in [1.29, 1.82) is 0 Å². The quantitative estimate of drug-likeness (QED) is 0.490. The molecule has 1 aromatic heterocycles. The molecule has 26 heavy (non-hydrogen) atoms. The minimum Gasteiger partial charge on any atom is -0.478 e. The lowest BCUT2D eigenvalue weighted by Crippen LogP contribution is -2.19. The van der Waals surface area contributed by atoms with Crippen molar-refractivity contribution in [3.8, 4) is 0 Å². The van der Waals surface area contributed by atoms with Crippen LogP contribution in [0.4, 0.5) is 0 Å². The maximum absolute atomic E-state index is 9.55. The average molecular weight is 374 g/mol. The third-order valence-electron chi connectivity index (χ3n) is 3.82. The van der Waals surface area contributed by atoms with Crippen molar-refractivity contribution in [3.63, 3.8) is 0 Å². The number of aliphatic carboxylic acids is 2. The van der Waals surface area contributed by atoms with E-state index >= 15 is 0 Å². The summed E-state index contributed by atoms with van der Waals surface area (Å²) in [7, 11) is 0. The first-order valence-electron chi connectivity index (χ1n) is 8.43. The SMILES string of the molecule is NCCCCCc1nc2c(s1)=CC1=CC=CCC=21.O=C(O)C=CC(=O)O. The van der Waals surface area contributed by atoms with Crippen LogP contribution in [0.1, 0.15) is 30.7 Å². The Balaban J connectivity index is 0.000000260. The molecule has 7 heteroatoms. The molecular formula is C19H22N2O4S. The van der Waals surface area contributed by atoms with E-state index in [0.717, 1.165) is 25.8 Å². The zero-order valence-corrected chi connectivity index (χ0v) is 15.2. The Hall–Kier alpha value is -2.51. The van der Waals surface area contributed by atoms with Gasteiger partial charge in [0, 0.05) is 12.2 Å². The molecule has 6 nitrogen and oxygen atoms in total. The van der Waals surface area contributed by atoms with Crippen molar-refractivity contribution in [1.82, 2.24) is 4.98 Å². The Morgan fingerprint density at radius 1 is 1.19 bits per heavy atom. The number of hydrogen-bond donors (Lipinski definition) is 3. The topological polar surface area (TPSA) is 114 Å². The van der Waals surface area contributed by atoms with Gasteiger partial charge in [-0.2, -0.15) is 0 Å². The molecule has 138 valence electrons. The smallest absolute Gasteiger partial charge is 0.328 e. The molecule has 4 N–H and O–H groups in total. The van der Waals surface area contributed by atoms with Gasteiger partial charge in [-0.05, 0) is 49.5 Å². The zero-order valence-electron chi connectivity index (χ0n) is 14.4. The predicted octanol–water partition coefficient (Wildman–Crippen LogP) is 1.36. The lowest BCUT2D eigenvalue weighted by molar-refractivity contribution is -0.134. The van der Waals surface area contributed by atoms with E-state index in [1.807, 2.05) is 11.3 Å². The van der Waals surface area contributed by atoms with Gasteiger partial charge >= 0.3 is 11.9 Å². The Labute approximate surface area is 155 Å². The number of carbonyl (C=O) groups is 2. The van der Waals surface area contributed by atoms with E-state index in [9.17, 15) is 9.59 Å². The highest BCUT2D eigenvalue weighted by Gasteiger charge is 2.15. The maximum Gasteiger partial charge on any atom is 0.328 e. The summed E-state index contributed by atoms with van der Waals surface area (Å²) in [6.45, 7) is 0.806. The van der Waals surface area contributed by atoms with Crippen LogP contribution in [0, 0.1) is 0 Å². The second kappa shape index (κ2) is 9.84. The fourth-order valence-electron chi connectivity index (χ4n) is 2.62. The summed E-state index contributed by atoms with van der Waals surface area (Å²) in [6, 6.07) is 0. The molecule has 2 aliphatic rings. The van der Waals surface area contributed by atoms with E-state index in [2.05, 4.69) is 24.3 Å². The molecule has 1 aromatic rings. The Morgan fingerprint density at radius 2 is 1.92 bits per heavy atom. The van der Waals surface area contributed by atoms with Crippen LogP contribution in [0.15, 0.2) is 36.0 Å². The molecule has 0 spiro atoms. The van der Waals surface area contributed by atoms with Crippen LogP contribution >= 0.6 is 11.3 Å². The van der Waals surface area contributed by atoms with E-state index in [0.29, 0.717) is 12.2 Å². The number of carboxylic acid groups (broad SMARTS) is 2. The maximum atomic E-state index is 9.55. The zero-order chi connectivity index (χ0) is 18.9. The van der Waals surface area contributed by atoms with Crippen LogP contribution in [-0.2, 0) is 16.0 Å². The van der Waals surface area contributed by atoms with Crippen molar-refractivity contribution >= 4 is 34.9 Å². The molecule has 0 saturated carbocycles. The Morgan fingerprint density at radius 3 is 2.58 bits per heavy atom. The highest BCUT2D eigenvalue weighted by atomic mass is 32.1. The molecule has 0 amide bonds. The number of aromatic nitrogens is 1. The van der Waals surface area contributed by atoms with Crippen molar-refractivity contribution in [2.45, 2.75) is 32.1 Å². The molecular weight excluding hydrogens is 352 g/mol. The van der Waals surface area contributed by atoms with E-state index in [4.69, 9.17) is 20.9 Å². The van der Waals surface area contributed by atoms with Crippen LogP contribution in [0.5, 0.6) is 0 Å². The summed E-state index contributed by atoms with van der Waals surface area (Å²) in [5.41, 5.74) is 8.28. The van der Waals surface area contributed by atoms with E-state index < -0.39 is 11.9 Å². The number of unbranched alkanes of at least 4 members (excludes halogenated alkanes) is 2. The number of hydrogen-bond acceptors (Lipinski definition) is 5. The lowest BCUT2D eigenvalue weighted by atomic mass is 10.0. The standard InChI is InChI=1S/C15H18N2S.C4H4O4/c16-9-5-1-2-8-14-17-15-12-7-4-3-6-11(12)10-13(15)18-14;5-3(6)1-2-4(7)8/h3-4,6,10H,1-2,5,7-9,16H2;1-2H,(H,5,6)(H,7,8). The number of allylic oxidation sites excluding steroid dienone is 4. The Kier molecular flexibility index (Phi) is 7.50. The number of nitrogens with zero attached hydrogens (tertiary/aromatic N) is 1. The van der Waals surface area contributed by atoms with Crippen molar-refractivity contribution in [2.24, 2.45) is 5.73 Å². The predicted molar refractivity (Wildman–Crippen MR) is 102 cm³/mol. The van der Waals surface area contributed by atoms with Gasteiger partial charge in [0.1, 0.15) is 0 Å². The molecule has 2 aliphatic carbocycles. The normalized spacial score (nSPS) is 14.2. The molecule has 0 fully saturated rings. The van der Waals surface area contributed by atoms with Crippen LogP contribution in [0.3, 0.4) is 0 Å². The molecule has 0 bridgehead atoms. The molecule has 0 radical (unpaired) electrons. The fraction of sp³-hybridized carbons (Fsp3) is 0.316. The van der Waals surface area contributed by atoms with Gasteiger partial charge in [0.2, 0.25) is 0 Å². The average Bonchev–Trinajstić information content (AvgIpc) is 3.15. The highest BCUT2D eigenvalue weighted by Crippen LogP contribution is 2.23. The molecule has 0 saturated heterocycles. The van der Waals surface area contributed by atoms with Gasteiger partial charge in [0.25, 0.3) is 0 Å². The molecule has 3 rings (SSSR count). The largest absolute Gasteiger partial charge is 0.478 e. The highest BCUT2D eigenvalue weighted by molar-refractivity contribution is 7.09. The first-order valence-corrected chi connectivity index (χ1v) is 9.24. The summed E-state index contributed by atoms with van der Waals surface area (Å²) in [5.74, 6) is -2.51. The van der Waals surface area contributed by atoms with Crippen molar-refractivity contribution in [2.75, 3.05) is 6.54 Å². The Bertz CT molecular complexity index is 862. The van der Waals surface area contributed by atoms with Crippen LogP contribution in [-0.4, -0.2) is 33.7 Å². The number of fused-ring (bicyclic) bond motifs is 2. The van der Waals surface area contributed by atoms with Gasteiger partial charge in [-0.3, -0.25) is 0 Å². The van der Waals surface area contributed by atoms with E-state index in [-0.39, 0.29) is 0 Å². The summed E-state index contributed by atoms with van der Waals surface area (Å²) in [5, 5.41) is 18.2. The third-order valence-corrected chi connectivity index (χ3v) is 4.88. The van der Waals surface area contributed by atoms with Gasteiger partial charge in [-0.15, -0.1) is 11.3 Å². The number of rotatable bonds is 7. The first kappa shape index (κ1) is 19.8. The molecule has 0 aliphatic heterocycles. The first-order chi connectivity index (χ1) is 12.5. The summed E-state index contributed by atoms with van der Waals surface area (Å²) < 4.78 is 1.36.